The number of hydrogen-bond donors (Lipinski definition) is 2. The summed E-state index contributed by atoms with van der Waals surface area (Å²) in [7, 11) is 0. The van der Waals surface area contributed by atoms with Crippen molar-refractivity contribution in [1.29, 1.82) is 5.26 Å². The molecule has 0 fully saturated rings. The average Bonchev–Trinajstić information content (AvgIpc) is 2.60. The monoisotopic (exact) mass is 350 g/mol. The predicted molar refractivity (Wildman–Crippen MR) is 100 cm³/mol. The van der Waals surface area contributed by atoms with Crippen LogP contribution in [-0.2, 0) is 0 Å². The van der Waals surface area contributed by atoms with Crippen LogP contribution in [0.25, 0.3) is 0 Å². The van der Waals surface area contributed by atoms with Gasteiger partial charge in [0.25, 0.3) is 0 Å². The SMILES string of the molecule is C/C(=C\C#N)N=C(NO)c1ccnc(Oc2cc(C)ccc2C(C)C)c1. The van der Waals surface area contributed by atoms with Crippen molar-refractivity contribution in [3.8, 4) is 17.7 Å². The van der Waals surface area contributed by atoms with Crippen LogP contribution in [0.3, 0.4) is 0 Å². The molecule has 0 atom stereocenters. The smallest absolute Gasteiger partial charge is 0.219 e. The molecule has 0 aliphatic carbocycles. The summed E-state index contributed by atoms with van der Waals surface area (Å²) in [6.45, 7) is 7.88. The highest BCUT2D eigenvalue weighted by atomic mass is 16.5. The number of aryl methyl sites for hydroxylation is 1. The van der Waals surface area contributed by atoms with Crippen molar-refractivity contribution in [1.82, 2.24) is 10.5 Å². The molecule has 0 spiro atoms. The minimum Gasteiger partial charge on any atom is -0.439 e. The van der Waals surface area contributed by atoms with Gasteiger partial charge >= 0.3 is 0 Å². The summed E-state index contributed by atoms with van der Waals surface area (Å²) in [5, 5.41) is 18.1. The van der Waals surface area contributed by atoms with Gasteiger partial charge in [0.15, 0.2) is 5.84 Å². The van der Waals surface area contributed by atoms with Gasteiger partial charge in [0.2, 0.25) is 5.88 Å². The summed E-state index contributed by atoms with van der Waals surface area (Å²) >= 11 is 0. The van der Waals surface area contributed by atoms with Gasteiger partial charge in [0, 0.05) is 23.9 Å². The fourth-order valence-electron chi connectivity index (χ4n) is 2.39. The zero-order chi connectivity index (χ0) is 19.1. The quantitative estimate of drug-likeness (QED) is 0.360. The Kier molecular flexibility index (Phi) is 6.48. The first-order valence-electron chi connectivity index (χ1n) is 8.24. The summed E-state index contributed by atoms with van der Waals surface area (Å²) in [6, 6.07) is 11.3. The number of nitrogens with zero attached hydrogens (tertiary/aromatic N) is 3. The van der Waals surface area contributed by atoms with Crippen LogP contribution in [0.4, 0.5) is 0 Å². The topological polar surface area (TPSA) is 90.5 Å². The second-order valence-electron chi connectivity index (χ2n) is 6.17. The zero-order valence-corrected chi connectivity index (χ0v) is 15.3. The number of aromatic nitrogens is 1. The van der Waals surface area contributed by atoms with E-state index in [9.17, 15) is 5.21 Å². The van der Waals surface area contributed by atoms with Crippen LogP contribution >= 0.6 is 0 Å². The van der Waals surface area contributed by atoms with Crippen LogP contribution in [-0.4, -0.2) is 16.0 Å². The number of ether oxygens (including phenoxy) is 1. The van der Waals surface area contributed by atoms with Crippen LogP contribution < -0.4 is 10.2 Å². The lowest BCUT2D eigenvalue weighted by atomic mass is 10.0. The number of rotatable bonds is 5. The Morgan fingerprint density at radius 1 is 1.35 bits per heavy atom. The van der Waals surface area contributed by atoms with Crippen molar-refractivity contribution in [2.75, 3.05) is 0 Å². The molecule has 0 aliphatic heterocycles. The molecule has 26 heavy (non-hydrogen) atoms. The maximum absolute atomic E-state index is 9.38. The number of aliphatic imine (C=N–C) groups is 1. The lowest BCUT2D eigenvalue weighted by Crippen LogP contribution is -2.20. The molecule has 0 bridgehead atoms. The van der Waals surface area contributed by atoms with Crippen LogP contribution in [0.1, 0.15) is 43.4 Å². The Bertz CT molecular complexity index is 880. The molecule has 0 unspecified atom stereocenters. The van der Waals surface area contributed by atoms with Gasteiger partial charge in [0.1, 0.15) is 5.75 Å². The van der Waals surface area contributed by atoms with E-state index in [1.165, 1.54) is 6.08 Å². The van der Waals surface area contributed by atoms with Gasteiger partial charge in [-0.05, 0) is 43.0 Å². The molecule has 1 heterocycles. The molecule has 0 saturated heterocycles. The van der Waals surface area contributed by atoms with E-state index in [4.69, 9.17) is 10.00 Å². The first-order chi connectivity index (χ1) is 12.4. The number of amidine groups is 1. The van der Waals surface area contributed by atoms with E-state index in [1.807, 2.05) is 19.1 Å². The second-order valence-corrected chi connectivity index (χ2v) is 6.17. The first kappa shape index (κ1) is 19.2. The molecule has 6 heteroatoms. The highest BCUT2D eigenvalue weighted by Crippen LogP contribution is 2.31. The Labute approximate surface area is 153 Å². The van der Waals surface area contributed by atoms with Gasteiger partial charge in [-0.15, -0.1) is 0 Å². The van der Waals surface area contributed by atoms with Gasteiger partial charge in [-0.1, -0.05) is 26.0 Å². The third-order valence-electron chi connectivity index (χ3n) is 3.68. The summed E-state index contributed by atoms with van der Waals surface area (Å²) in [5.74, 6) is 1.65. The maximum atomic E-state index is 9.38. The molecule has 0 aliphatic rings. The Morgan fingerprint density at radius 2 is 2.12 bits per heavy atom. The Morgan fingerprint density at radius 3 is 2.77 bits per heavy atom. The van der Waals surface area contributed by atoms with Crippen molar-refractivity contribution < 1.29 is 9.94 Å². The first-order valence-corrected chi connectivity index (χ1v) is 8.24. The van der Waals surface area contributed by atoms with E-state index in [2.05, 4.69) is 41.4 Å². The number of hydroxylamine groups is 1. The lowest BCUT2D eigenvalue weighted by molar-refractivity contribution is 0.235. The minimum absolute atomic E-state index is 0.203. The normalized spacial score (nSPS) is 12.0. The van der Waals surface area contributed by atoms with E-state index >= 15 is 0 Å². The van der Waals surface area contributed by atoms with E-state index < -0.39 is 0 Å². The molecular weight excluding hydrogens is 328 g/mol. The van der Waals surface area contributed by atoms with Crippen molar-refractivity contribution in [3.05, 3.63) is 65.0 Å². The number of nitrogens with one attached hydrogen (secondary N) is 1. The van der Waals surface area contributed by atoms with E-state index in [-0.39, 0.29) is 5.84 Å². The van der Waals surface area contributed by atoms with Gasteiger partial charge in [0.05, 0.1) is 11.8 Å². The zero-order valence-electron chi connectivity index (χ0n) is 15.3. The molecule has 1 aromatic heterocycles. The summed E-state index contributed by atoms with van der Waals surface area (Å²) in [6.07, 6.45) is 2.86. The fourth-order valence-corrected chi connectivity index (χ4v) is 2.39. The highest BCUT2D eigenvalue weighted by Gasteiger charge is 2.11. The molecule has 134 valence electrons. The van der Waals surface area contributed by atoms with Gasteiger partial charge in [-0.2, -0.15) is 5.26 Å². The van der Waals surface area contributed by atoms with Gasteiger partial charge in [-0.25, -0.2) is 9.98 Å². The average molecular weight is 350 g/mol. The summed E-state index contributed by atoms with van der Waals surface area (Å²) in [5.41, 5.74) is 5.28. The van der Waals surface area contributed by atoms with Crippen LogP contribution in [0.15, 0.2) is 53.3 Å². The number of allylic oxidation sites excluding steroid dienone is 2. The third kappa shape index (κ3) is 4.91. The Balaban J connectivity index is 2.37. The molecule has 0 amide bonds. The molecule has 2 aromatic rings. The van der Waals surface area contributed by atoms with Gasteiger partial charge in [-0.3, -0.25) is 10.7 Å². The van der Waals surface area contributed by atoms with E-state index in [1.54, 1.807) is 25.3 Å². The molecule has 0 radical (unpaired) electrons. The van der Waals surface area contributed by atoms with Crippen molar-refractivity contribution in [2.24, 2.45) is 4.99 Å². The Hall–Kier alpha value is -3.17. The molecule has 2 rings (SSSR count). The molecular formula is C20H22N4O2. The largest absolute Gasteiger partial charge is 0.439 e. The molecule has 1 aromatic carbocycles. The number of pyridine rings is 1. The maximum Gasteiger partial charge on any atom is 0.219 e. The number of nitriles is 1. The second kappa shape index (κ2) is 8.79. The predicted octanol–water partition coefficient (Wildman–Crippen LogP) is 4.46. The van der Waals surface area contributed by atoms with Crippen LogP contribution in [0.5, 0.6) is 11.6 Å². The molecule has 6 nitrogen and oxygen atoms in total. The van der Waals surface area contributed by atoms with E-state index in [0.717, 1.165) is 16.9 Å². The van der Waals surface area contributed by atoms with Crippen LogP contribution in [0.2, 0.25) is 0 Å². The van der Waals surface area contributed by atoms with Crippen molar-refractivity contribution in [2.45, 2.75) is 33.6 Å². The third-order valence-corrected chi connectivity index (χ3v) is 3.68. The fraction of sp³-hybridized carbons (Fsp3) is 0.250. The summed E-state index contributed by atoms with van der Waals surface area (Å²) < 4.78 is 6.00. The number of hydrogen-bond acceptors (Lipinski definition) is 5. The minimum atomic E-state index is 0.203. The molecule has 0 saturated carbocycles. The van der Waals surface area contributed by atoms with E-state index in [0.29, 0.717) is 23.1 Å². The summed E-state index contributed by atoms with van der Waals surface area (Å²) in [4.78, 5) is 8.42. The van der Waals surface area contributed by atoms with Crippen molar-refractivity contribution in [3.63, 3.8) is 0 Å². The lowest BCUT2D eigenvalue weighted by Gasteiger charge is -2.14. The van der Waals surface area contributed by atoms with Crippen molar-refractivity contribution >= 4 is 5.84 Å². The van der Waals surface area contributed by atoms with Crippen LogP contribution in [0, 0.1) is 18.3 Å². The standard InChI is InChI=1S/C20H22N4O2/c1-13(2)17-6-5-14(3)11-18(17)26-19-12-16(8-10-22-19)20(24-25)23-15(4)7-9-21/h5-8,10-13,25H,1-4H3,(H,23,24)/b15-7+. The molecule has 2 N–H and O–H groups in total. The van der Waals surface area contributed by atoms with Gasteiger partial charge < -0.3 is 4.74 Å². The number of benzene rings is 1. The highest BCUT2D eigenvalue weighted by molar-refractivity contribution is 5.98.